The van der Waals surface area contributed by atoms with E-state index in [1.807, 2.05) is 13.8 Å². The molecule has 9 heteroatoms. The lowest BCUT2D eigenvalue weighted by Crippen LogP contribution is -2.54. The van der Waals surface area contributed by atoms with Crippen LogP contribution in [-0.4, -0.2) is 39.5 Å². The predicted octanol–water partition coefficient (Wildman–Crippen LogP) is 2.18. The zero-order chi connectivity index (χ0) is 18.7. The average Bonchev–Trinajstić information content (AvgIpc) is 3.08. The van der Waals surface area contributed by atoms with Crippen molar-refractivity contribution in [2.45, 2.75) is 32.4 Å². The van der Waals surface area contributed by atoms with Crippen LogP contribution in [0.2, 0.25) is 0 Å². The molecular formula is C17H20FN5O2S. The first-order valence-electron chi connectivity index (χ1n) is 8.36. The molecule has 7 nitrogen and oxygen atoms in total. The van der Waals surface area contributed by atoms with Crippen LogP contribution in [0, 0.1) is 5.82 Å². The van der Waals surface area contributed by atoms with Gasteiger partial charge in [-0.2, -0.15) is 0 Å². The van der Waals surface area contributed by atoms with Gasteiger partial charge >= 0.3 is 6.03 Å². The predicted molar refractivity (Wildman–Crippen MR) is 95.1 cm³/mol. The van der Waals surface area contributed by atoms with Gasteiger partial charge in [-0.05, 0) is 35.1 Å². The summed E-state index contributed by atoms with van der Waals surface area (Å²) in [4.78, 5) is 27.3. The molecule has 1 atom stereocenters. The maximum Gasteiger partial charge on any atom is 0.318 e. The van der Waals surface area contributed by atoms with Crippen molar-refractivity contribution in [2.75, 3.05) is 13.1 Å². The molecule has 0 aliphatic carbocycles. The van der Waals surface area contributed by atoms with Gasteiger partial charge in [0, 0.05) is 13.1 Å². The summed E-state index contributed by atoms with van der Waals surface area (Å²) in [5, 5.41) is 9.64. The van der Waals surface area contributed by atoms with Gasteiger partial charge in [0.25, 0.3) is 0 Å². The topological polar surface area (TPSA) is 87.2 Å². The second-order valence-electron chi connectivity index (χ2n) is 6.34. The Labute approximate surface area is 154 Å². The van der Waals surface area contributed by atoms with E-state index in [1.165, 1.54) is 34.6 Å². The van der Waals surface area contributed by atoms with E-state index in [0.29, 0.717) is 18.7 Å². The molecule has 1 fully saturated rings. The molecule has 1 aliphatic rings. The molecule has 2 aromatic rings. The molecule has 1 aromatic heterocycles. The molecule has 0 bridgehead atoms. The third-order valence-electron chi connectivity index (χ3n) is 4.17. The minimum absolute atomic E-state index is 0.210. The highest BCUT2D eigenvalue weighted by molar-refractivity contribution is 7.05. The van der Waals surface area contributed by atoms with Crippen molar-refractivity contribution < 1.29 is 14.0 Å². The number of hydrogen-bond donors (Lipinski definition) is 2. The molecule has 0 spiro atoms. The molecule has 2 heterocycles. The normalized spacial score (nSPS) is 17.3. The summed E-state index contributed by atoms with van der Waals surface area (Å²) in [5.74, 6) is -0.556. The number of nitrogens with zero attached hydrogens (tertiary/aromatic N) is 3. The van der Waals surface area contributed by atoms with Crippen LogP contribution in [0.1, 0.15) is 41.9 Å². The summed E-state index contributed by atoms with van der Waals surface area (Å²) in [5.41, 5.74) is 1.30. The first kappa shape index (κ1) is 18.2. The van der Waals surface area contributed by atoms with Crippen LogP contribution in [0.4, 0.5) is 9.18 Å². The quantitative estimate of drug-likeness (QED) is 0.855. The number of nitrogens with one attached hydrogen (secondary N) is 2. The third-order valence-corrected chi connectivity index (χ3v) is 4.91. The third kappa shape index (κ3) is 3.82. The highest BCUT2D eigenvalue weighted by Crippen LogP contribution is 2.24. The Balaban J connectivity index is 1.75. The SMILES string of the molecule is CC(C)c1nnsc1CNC(=O)N1CCNC(=O)[C@H]1c1cccc(F)c1. The number of carbonyl (C=O) groups is 2. The van der Waals surface area contributed by atoms with Crippen LogP contribution < -0.4 is 10.6 Å². The van der Waals surface area contributed by atoms with E-state index >= 15 is 0 Å². The molecule has 2 N–H and O–H groups in total. The number of piperazine rings is 1. The number of urea groups is 1. The molecule has 1 saturated heterocycles. The molecular weight excluding hydrogens is 357 g/mol. The van der Waals surface area contributed by atoms with Crippen molar-refractivity contribution in [3.05, 3.63) is 46.2 Å². The van der Waals surface area contributed by atoms with E-state index in [-0.39, 0.29) is 24.4 Å². The van der Waals surface area contributed by atoms with E-state index in [9.17, 15) is 14.0 Å². The fourth-order valence-electron chi connectivity index (χ4n) is 2.93. The minimum Gasteiger partial charge on any atom is -0.352 e. The number of hydrogen-bond acceptors (Lipinski definition) is 5. The van der Waals surface area contributed by atoms with Crippen molar-refractivity contribution >= 4 is 23.5 Å². The Kier molecular flexibility index (Phi) is 5.46. The Morgan fingerprint density at radius 2 is 2.31 bits per heavy atom. The Bertz CT molecular complexity index is 810. The van der Waals surface area contributed by atoms with Gasteiger partial charge in [0.2, 0.25) is 5.91 Å². The lowest BCUT2D eigenvalue weighted by atomic mass is 10.0. The van der Waals surface area contributed by atoms with Gasteiger partial charge in [-0.1, -0.05) is 30.5 Å². The van der Waals surface area contributed by atoms with Crippen molar-refractivity contribution in [3.8, 4) is 0 Å². The zero-order valence-electron chi connectivity index (χ0n) is 14.5. The first-order valence-corrected chi connectivity index (χ1v) is 9.13. The largest absolute Gasteiger partial charge is 0.352 e. The minimum atomic E-state index is -0.858. The second-order valence-corrected chi connectivity index (χ2v) is 7.18. The van der Waals surface area contributed by atoms with E-state index in [0.717, 1.165) is 10.6 Å². The van der Waals surface area contributed by atoms with Crippen LogP contribution in [0.3, 0.4) is 0 Å². The highest BCUT2D eigenvalue weighted by atomic mass is 32.1. The maximum atomic E-state index is 13.6. The lowest BCUT2D eigenvalue weighted by molar-refractivity contribution is -0.127. The van der Waals surface area contributed by atoms with Gasteiger partial charge in [0.05, 0.1) is 17.1 Å². The molecule has 3 rings (SSSR count). The van der Waals surface area contributed by atoms with Crippen LogP contribution in [0.25, 0.3) is 0 Å². The summed E-state index contributed by atoms with van der Waals surface area (Å²) in [6.07, 6.45) is 0. The summed E-state index contributed by atoms with van der Waals surface area (Å²) < 4.78 is 17.5. The monoisotopic (exact) mass is 377 g/mol. The fraction of sp³-hybridized carbons (Fsp3) is 0.412. The summed E-state index contributed by atoms with van der Waals surface area (Å²) in [6.45, 7) is 5.01. The number of amides is 3. The lowest BCUT2D eigenvalue weighted by Gasteiger charge is -2.35. The number of rotatable bonds is 4. The molecule has 0 saturated carbocycles. The van der Waals surface area contributed by atoms with Crippen LogP contribution in [0.15, 0.2) is 24.3 Å². The molecule has 26 heavy (non-hydrogen) atoms. The Morgan fingerprint density at radius 1 is 1.50 bits per heavy atom. The Morgan fingerprint density at radius 3 is 3.04 bits per heavy atom. The summed E-state index contributed by atoms with van der Waals surface area (Å²) in [7, 11) is 0. The smallest absolute Gasteiger partial charge is 0.318 e. The van der Waals surface area contributed by atoms with Gasteiger partial charge in [-0.15, -0.1) is 5.10 Å². The van der Waals surface area contributed by atoms with Gasteiger partial charge in [0.1, 0.15) is 11.9 Å². The van der Waals surface area contributed by atoms with Crippen molar-refractivity contribution in [3.63, 3.8) is 0 Å². The number of halogens is 1. The van der Waals surface area contributed by atoms with E-state index < -0.39 is 11.9 Å². The molecule has 3 amide bonds. The standard InChI is InChI=1S/C17H20FN5O2S/c1-10(2)14-13(26-22-21-14)9-20-17(25)23-7-6-19-16(24)15(23)11-4-3-5-12(18)8-11/h3-5,8,10,15H,6-7,9H2,1-2H3,(H,19,24)(H,20,25)/t15-/m1/s1. The number of carbonyl (C=O) groups excluding carboxylic acids is 2. The molecule has 1 aliphatic heterocycles. The van der Waals surface area contributed by atoms with Crippen molar-refractivity contribution in [1.29, 1.82) is 0 Å². The fourth-order valence-corrected chi connectivity index (χ4v) is 3.66. The number of aromatic nitrogens is 2. The average molecular weight is 377 g/mol. The summed E-state index contributed by atoms with van der Waals surface area (Å²) >= 11 is 1.24. The summed E-state index contributed by atoms with van der Waals surface area (Å²) in [6, 6.07) is 4.52. The van der Waals surface area contributed by atoms with Gasteiger partial charge in [-0.25, -0.2) is 9.18 Å². The highest BCUT2D eigenvalue weighted by Gasteiger charge is 2.34. The zero-order valence-corrected chi connectivity index (χ0v) is 15.3. The van der Waals surface area contributed by atoms with Gasteiger partial charge < -0.3 is 15.5 Å². The van der Waals surface area contributed by atoms with E-state index in [1.54, 1.807) is 6.07 Å². The van der Waals surface area contributed by atoms with Crippen LogP contribution in [-0.2, 0) is 11.3 Å². The maximum absolute atomic E-state index is 13.6. The van der Waals surface area contributed by atoms with E-state index in [4.69, 9.17) is 0 Å². The molecule has 1 aromatic carbocycles. The van der Waals surface area contributed by atoms with Gasteiger partial charge in [-0.3, -0.25) is 4.79 Å². The van der Waals surface area contributed by atoms with Gasteiger partial charge in [0.15, 0.2) is 0 Å². The van der Waals surface area contributed by atoms with Crippen LogP contribution >= 0.6 is 11.5 Å². The van der Waals surface area contributed by atoms with Crippen LogP contribution in [0.5, 0.6) is 0 Å². The first-order chi connectivity index (χ1) is 12.5. The second kappa shape index (κ2) is 7.77. The van der Waals surface area contributed by atoms with Crippen molar-refractivity contribution in [2.24, 2.45) is 0 Å². The van der Waals surface area contributed by atoms with E-state index in [2.05, 4.69) is 20.2 Å². The Hall–Kier alpha value is -2.55. The number of benzene rings is 1. The molecule has 0 unspecified atom stereocenters. The molecule has 138 valence electrons. The molecule has 0 radical (unpaired) electrons. The van der Waals surface area contributed by atoms with Crippen molar-refractivity contribution in [1.82, 2.24) is 25.1 Å².